The number of hydrogen-bond acceptors (Lipinski definition) is 3. The number of halogens is 3. The van der Waals surface area contributed by atoms with Crippen LogP contribution in [0.15, 0.2) is 42.5 Å². The molecule has 126 valence electrons. The maximum atomic E-state index is 12.5. The van der Waals surface area contributed by atoms with Crippen molar-refractivity contribution in [3.05, 3.63) is 74.8 Å². The number of rotatable bonds is 4. The van der Waals surface area contributed by atoms with Gasteiger partial charge in [0.2, 0.25) is 0 Å². The number of aryl methyl sites for hydroxylation is 1. The summed E-state index contributed by atoms with van der Waals surface area (Å²) in [5, 5.41) is 13.4. The summed E-state index contributed by atoms with van der Waals surface area (Å²) in [7, 11) is 0. The van der Waals surface area contributed by atoms with E-state index in [0.717, 1.165) is 18.2 Å². The van der Waals surface area contributed by atoms with E-state index < -0.39 is 22.6 Å². The van der Waals surface area contributed by atoms with Crippen molar-refractivity contribution in [2.24, 2.45) is 0 Å². The standard InChI is InChI=1S/C16H13F3N2O3/c1-10-2-5-12(8-14(10)21(23)24)15(22)20-9-11-3-6-13(7-4-11)16(17,18)19/h2-8H,9H2,1H3,(H,20,22). The molecule has 2 aromatic rings. The van der Waals surface area contributed by atoms with Gasteiger partial charge in [-0.2, -0.15) is 13.2 Å². The SMILES string of the molecule is Cc1ccc(C(=O)NCc2ccc(C(F)(F)F)cc2)cc1[N+](=O)[O-]. The van der Waals surface area contributed by atoms with Crippen molar-refractivity contribution in [1.82, 2.24) is 5.32 Å². The van der Waals surface area contributed by atoms with Crippen molar-refractivity contribution >= 4 is 11.6 Å². The molecule has 1 amide bonds. The van der Waals surface area contributed by atoms with E-state index in [1.807, 2.05) is 0 Å². The molecule has 2 rings (SSSR count). The van der Waals surface area contributed by atoms with Crippen molar-refractivity contribution in [2.45, 2.75) is 19.6 Å². The van der Waals surface area contributed by atoms with Gasteiger partial charge in [0.25, 0.3) is 11.6 Å². The molecule has 0 aliphatic heterocycles. The second kappa shape index (κ2) is 6.69. The summed E-state index contributed by atoms with van der Waals surface area (Å²) < 4.78 is 37.4. The first kappa shape index (κ1) is 17.5. The van der Waals surface area contributed by atoms with Crippen LogP contribution in [0.1, 0.15) is 27.0 Å². The van der Waals surface area contributed by atoms with Gasteiger partial charge in [0.1, 0.15) is 0 Å². The van der Waals surface area contributed by atoms with E-state index in [4.69, 9.17) is 0 Å². The summed E-state index contributed by atoms with van der Waals surface area (Å²) >= 11 is 0. The number of carbonyl (C=O) groups is 1. The minimum absolute atomic E-state index is 0.0125. The summed E-state index contributed by atoms with van der Waals surface area (Å²) in [5.41, 5.74) is 0.0837. The van der Waals surface area contributed by atoms with Crippen LogP contribution in [0.4, 0.5) is 18.9 Å². The van der Waals surface area contributed by atoms with Crippen LogP contribution in [0.2, 0.25) is 0 Å². The highest BCUT2D eigenvalue weighted by Crippen LogP contribution is 2.29. The van der Waals surface area contributed by atoms with Crippen LogP contribution in [-0.2, 0) is 12.7 Å². The largest absolute Gasteiger partial charge is 0.416 e. The third kappa shape index (κ3) is 4.09. The van der Waals surface area contributed by atoms with Crippen molar-refractivity contribution in [3.63, 3.8) is 0 Å². The first-order valence-electron chi connectivity index (χ1n) is 6.88. The van der Waals surface area contributed by atoms with Gasteiger partial charge in [-0.25, -0.2) is 0 Å². The van der Waals surface area contributed by atoms with Crippen molar-refractivity contribution in [1.29, 1.82) is 0 Å². The molecule has 0 unspecified atom stereocenters. The van der Waals surface area contributed by atoms with E-state index in [1.54, 1.807) is 6.92 Å². The Bertz CT molecular complexity index is 771. The van der Waals surface area contributed by atoms with Crippen molar-refractivity contribution in [2.75, 3.05) is 0 Å². The van der Waals surface area contributed by atoms with E-state index in [9.17, 15) is 28.1 Å². The lowest BCUT2D eigenvalue weighted by Crippen LogP contribution is -2.23. The predicted molar refractivity (Wildman–Crippen MR) is 80.4 cm³/mol. The first-order valence-corrected chi connectivity index (χ1v) is 6.88. The molecule has 0 heterocycles. The van der Waals surface area contributed by atoms with E-state index >= 15 is 0 Å². The van der Waals surface area contributed by atoms with E-state index in [2.05, 4.69) is 5.32 Å². The van der Waals surface area contributed by atoms with Gasteiger partial charge >= 0.3 is 6.18 Å². The third-order valence-corrected chi connectivity index (χ3v) is 3.40. The number of benzene rings is 2. The monoisotopic (exact) mass is 338 g/mol. The molecule has 8 heteroatoms. The zero-order valence-electron chi connectivity index (χ0n) is 12.6. The normalized spacial score (nSPS) is 11.2. The molecule has 0 aliphatic rings. The maximum absolute atomic E-state index is 12.5. The molecule has 2 aromatic carbocycles. The summed E-state index contributed by atoms with van der Waals surface area (Å²) in [6, 6.07) is 8.46. The Morgan fingerprint density at radius 3 is 2.33 bits per heavy atom. The number of carbonyl (C=O) groups excluding carboxylic acids is 1. The first-order chi connectivity index (χ1) is 11.2. The molecule has 24 heavy (non-hydrogen) atoms. The second-order valence-electron chi connectivity index (χ2n) is 5.14. The summed E-state index contributed by atoms with van der Waals surface area (Å²) in [6.45, 7) is 1.57. The topological polar surface area (TPSA) is 72.2 Å². The Balaban J connectivity index is 2.06. The average molecular weight is 338 g/mol. The van der Waals surface area contributed by atoms with Crippen LogP contribution in [0, 0.1) is 17.0 Å². The molecule has 0 aromatic heterocycles. The van der Waals surface area contributed by atoms with Gasteiger partial charge in [0.15, 0.2) is 0 Å². The van der Waals surface area contributed by atoms with Gasteiger partial charge in [0, 0.05) is 23.7 Å². The maximum Gasteiger partial charge on any atom is 0.416 e. The van der Waals surface area contributed by atoms with Crippen LogP contribution in [0.25, 0.3) is 0 Å². The summed E-state index contributed by atoms with van der Waals surface area (Å²) in [6.07, 6.45) is -4.41. The predicted octanol–water partition coefficient (Wildman–Crippen LogP) is 3.85. The number of nitrogens with one attached hydrogen (secondary N) is 1. The summed E-state index contributed by atoms with van der Waals surface area (Å²) in [4.78, 5) is 22.3. The van der Waals surface area contributed by atoms with Gasteiger partial charge in [-0.3, -0.25) is 14.9 Å². The fourth-order valence-corrected chi connectivity index (χ4v) is 2.04. The zero-order chi connectivity index (χ0) is 17.9. The highest BCUT2D eigenvalue weighted by molar-refractivity contribution is 5.94. The molecule has 0 spiro atoms. The molecule has 0 bridgehead atoms. The Kier molecular flexibility index (Phi) is 4.87. The third-order valence-electron chi connectivity index (χ3n) is 3.40. The minimum atomic E-state index is -4.41. The fraction of sp³-hybridized carbons (Fsp3) is 0.188. The Labute approximate surface area is 135 Å². The summed E-state index contributed by atoms with van der Waals surface area (Å²) in [5.74, 6) is -0.544. The number of nitrogens with zero attached hydrogens (tertiary/aromatic N) is 1. The number of hydrogen-bond donors (Lipinski definition) is 1. The van der Waals surface area contributed by atoms with Crippen LogP contribution in [0.5, 0.6) is 0 Å². The van der Waals surface area contributed by atoms with Crippen molar-refractivity contribution in [3.8, 4) is 0 Å². The number of nitro groups is 1. The molecule has 1 N–H and O–H groups in total. The Morgan fingerprint density at radius 2 is 1.79 bits per heavy atom. The smallest absolute Gasteiger partial charge is 0.348 e. The van der Waals surface area contributed by atoms with Gasteiger partial charge < -0.3 is 5.32 Å². The van der Waals surface area contributed by atoms with Gasteiger partial charge in [0.05, 0.1) is 10.5 Å². The van der Waals surface area contributed by atoms with E-state index in [-0.39, 0.29) is 17.8 Å². The number of nitro benzene ring substituents is 1. The van der Waals surface area contributed by atoms with E-state index in [1.165, 1.54) is 24.3 Å². The van der Waals surface area contributed by atoms with E-state index in [0.29, 0.717) is 11.1 Å². The Morgan fingerprint density at radius 1 is 1.17 bits per heavy atom. The molecule has 0 saturated carbocycles. The van der Waals surface area contributed by atoms with Gasteiger partial charge in [-0.1, -0.05) is 18.2 Å². The van der Waals surface area contributed by atoms with Gasteiger partial charge in [-0.15, -0.1) is 0 Å². The highest BCUT2D eigenvalue weighted by atomic mass is 19.4. The molecular formula is C16H13F3N2O3. The molecule has 5 nitrogen and oxygen atoms in total. The second-order valence-corrected chi connectivity index (χ2v) is 5.14. The molecule has 0 radical (unpaired) electrons. The fourth-order valence-electron chi connectivity index (χ4n) is 2.04. The molecular weight excluding hydrogens is 325 g/mol. The lowest BCUT2D eigenvalue weighted by Gasteiger charge is -2.09. The lowest BCUT2D eigenvalue weighted by molar-refractivity contribution is -0.385. The van der Waals surface area contributed by atoms with Crippen LogP contribution in [0.3, 0.4) is 0 Å². The molecule has 0 saturated heterocycles. The van der Waals surface area contributed by atoms with Crippen LogP contribution >= 0.6 is 0 Å². The minimum Gasteiger partial charge on any atom is -0.348 e. The van der Waals surface area contributed by atoms with Crippen molar-refractivity contribution < 1.29 is 22.9 Å². The van der Waals surface area contributed by atoms with Gasteiger partial charge in [-0.05, 0) is 30.7 Å². The lowest BCUT2D eigenvalue weighted by atomic mass is 10.1. The Hall–Kier alpha value is -2.90. The number of alkyl halides is 3. The quantitative estimate of drug-likeness (QED) is 0.680. The molecule has 0 atom stereocenters. The average Bonchev–Trinajstić information content (AvgIpc) is 2.52. The highest BCUT2D eigenvalue weighted by Gasteiger charge is 2.29. The van der Waals surface area contributed by atoms with Crippen LogP contribution in [-0.4, -0.2) is 10.8 Å². The number of amides is 1. The molecule has 0 fully saturated rings. The molecule has 0 aliphatic carbocycles. The zero-order valence-corrected chi connectivity index (χ0v) is 12.6. The van der Waals surface area contributed by atoms with Crippen LogP contribution < -0.4 is 5.32 Å².